The van der Waals surface area contributed by atoms with Gasteiger partial charge in [0.2, 0.25) is 5.78 Å². The lowest BCUT2D eigenvalue weighted by Gasteiger charge is -2.28. The van der Waals surface area contributed by atoms with Gasteiger partial charge in [0.05, 0.1) is 24.8 Å². The van der Waals surface area contributed by atoms with Crippen molar-refractivity contribution in [3.8, 4) is 5.75 Å². The number of carbonyl (C=O) groups excluding carboxylic acids is 2. The van der Waals surface area contributed by atoms with E-state index in [2.05, 4.69) is 0 Å². The SMILES string of the molecule is COc1cc(Cl)cc2cc(C(=O)C3=C(O)C(=O)N(CC4CCCO4)C3c3ccc(F)cc3)oc12. The number of methoxy groups -OCH3 is 1. The van der Waals surface area contributed by atoms with E-state index in [0.717, 1.165) is 12.8 Å². The topological polar surface area (TPSA) is 89.2 Å². The first kappa shape index (κ1) is 22.4. The number of ether oxygens (including phenoxy) is 2. The summed E-state index contributed by atoms with van der Waals surface area (Å²) >= 11 is 6.13. The van der Waals surface area contributed by atoms with E-state index >= 15 is 0 Å². The summed E-state index contributed by atoms with van der Waals surface area (Å²) in [7, 11) is 1.45. The molecule has 7 nitrogen and oxygen atoms in total. The van der Waals surface area contributed by atoms with E-state index in [9.17, 15) is 19.1 Å². The Labute approximate surface area is 199 Å². The Balaban J connectivity index is 1.58. The predicted molar refractivity (Wildman–Crippen MR) is 122 cm³/mol. The smallest absolute Gasteiger partial charge is 0.290 e. The maximum Gasteiger partial charge on any atom is 0.290 e. The molecule has 2 aliphatic rings. The number of furan rings is 1. The predicted octanol–water partition coefficient (Wildman–Crippen LogP) is 4.99. The third-order valence-corrected chi connectivity index (χ3v) is 6.37. The van der Waals surface area contributed by atoms with Gasteiger partial charge in [-0.25, -0.2) is 4.39 Å². The van der Waals surface area contributed by atoms with Crippen molar-refractivity contribution in [3.63, 3.8) is 0 Å². The van der Waals surface area contributed by atoms with Crippen molar-refractivity contribution in [2.75, 3.05) is 20.3 Å². The molecule has 0 saturated carbocycles. The number of hydrogen-bond acceptors (Lipinski definition) is 6. The monoisotopic (exact) mass is 485 g/mol. The van der Waals surface area contributed by atoms with Gasteiger partial charge < -0.3 is 23.9 Å². The minimum Gasteiger partial charge on any atom is -0.503 e. The third kappa shape index (κ3) is 3.82. The maximum atomic E-state index is 13.6. The fourth-order valence-corrected chi connectivity index (χ4v) is 4.77. The Bertz CT molecular complexity index is 1310. The number of aliphatic hydroxyl groups excluding tert-OH is 1. The van der Waals surface area contributed by atoms with Crippen molar-refractivity contribution in [1.82, 2.24) is 4.90 Å². The molecule has 1 aromatic heterocycles. The van der Waals surface area contributed by atoms with E-state index in [4.69, 9.17) is 25.5 Å². The third-order valence-electron chi connectivity index (χ3n) is 6.15. The maximum absolute atomic E-state index is 13.6. The molecular formula is C25H21ClFNO6. The summed E-state index contributed by atoms with van der Waals surface area (Å²) in [5, 5.41) is 11.7. The van der Waals surface area contributed by atoms with Gasteiger partial charge >= 0.3 is 0 Å². The summed E-state index contributed by atoms with van der Waals surface area (Å²) in [6.45, 7) is 0.772. The number of nitrogens with zero attached hydrogens (tertiary/aromatic N) is 1. The second-order valence-corrected chi connectivity index (χ2v) is 8.71. The molecule has 1 N–H and O–H groups in total. The molecule has 2 aliphatic heterocycles. The molecule has 2 aromatic carbocycles. The van der Waals surface area contributed by atoms with Crippen LogP contribution in [-0.4, -0.2) is 48.1 Å². The number of Topliss-reactive ketones (excluding diaryl/α,β-unsaturated/α-hetero) is 1. The fraction of sp³-hybridized carbons (Fsp3) is 0.280. The molecule has 1 saturated heterocycles. The molecule has 0 bridgehead atoms. The molecule has 0 aliphatic carbocycles. The van der Waals surface area contributed by atoms with Gasteiger partial charge in [0.1, 0.15) is 5.82 Å². The highest BCUT2D eigenvalue weighted by Crippen LogP contribution is 2.41. The summed E-state index contributed by atoms with van der Waals surface area (Å²) in [6, 6.07) is 9.21. The van der Waals surface area contributed by atoms with Gasteiger partial charge in [0.25, 0.3) is 5.91 Å². The number of amides is 1. The summed E-state index contributed by atoms with van der Waals surface area (Å²) in [5.74, 6) is -2.22. The van der Waals surface area contributed by atoms with Crippen molar-refractivity contribution >= 4 is 34.3 Å². The van der Waals surface area contributed by atoms with Crippen molar-refractivity contribution in [3.05, 3.63) is 76.0 Å². The van der Waals surface area contributed by atoms with Gasteiger partial charge in [-0.1, -0.05) is 23.7 Å². The highest BCUT2D eigenvalue weighted by molar-refractivity contribution is 6.31. The number of aliphatic hydroxyl groups is 1. The van der Waals surface area contributed by atoms with E-state index in [-0.39, 0.29) is 24.0 Å². The lowest BCUT2D eigenvalue weighted by atomic mass is 9.94. The molecule has 0 spiro atoms. The Morgan fingerprint density at radius 1 is 1.26 bits per heavy atom. The zero-order valence-corrected chi connectivity index (χ0v) is 19.0. The van der Waals surface area contributed by atoms with Crippen molar-refractivity contribution < 1.29 is 33.0 Å². The molecule has 34 heavy (non-hydrogen) atoms. The molecule has 9 heteroatoms. The molecule has 0 radical (unpaired) electrons. The van der Waals surface area contributed by atoms with Crippen LogP contribution < -0.4 is 4.74 Å². The molecule has 5 rings (SSSR count). The van der Waals surface area contributed by atoms with Gasteiger partial charge in [0, 0.05) is 29.6 Å². The van der Waals surface area contributed by atoms with Crippen LogP contribution in [-0.2, 0) is 9.53 Å². The van der Waals surface area contributed by atoms with Crippen LogP contribution in [0, 0.1) is 5.82 Å². The molecule has 1 amide bonds. The minimum absolute atomic E-state index is 0.0870. The second-order valence-electron chi connectivity index (χ2n) is 8.28. The molecular weight excluding hydrogens is 465 g/mol. The highest BCUT2D eigenvalue weighted by atomic mass is 35.5. The lowest BCUT2D eigenvalue weighted by Crippen LogP contribution is -2.37. The summed E-state index contributed by atoms with van der Waals surface area (Å²) in [6.07, 6.45) is 1.41. The van der Waals surface area contributed by atoms with Crippen LogP contribution >= 0.6 is 11.6 Å². The number of ketones is 1. The van der Waals surface area contributed by atoms with E-state index in [0.29, 0.717) is 33.9 Å². The zero-order valence-electron chi connectivity index (χ0n) is 18.2. The standard InChI is InChI=1S/C25H21ClFNO6/c1-32-19-11-15(26)9-14-10-18(34-24(14)19)22(29)20-21(13-4-6-16(27)7-5-13)28(25(31)23(20)30)12-17-3-2-8-33-17/h4-7,9-11,17,21,30H,2-3,8,12H2,1H3. The number of halogens is 2. The van der Waals surface area contributed by atoms with Crippen molar-refractivity contribution in [2.45, 2.75) is 25.0 Å². The number of hydrogen-bond donors (Lipinski definition) is 1. The second kappa shape index (κ2) is 8.77. The van der Waals surface area contributed by atoms with E-state index < -0.39 is 29.3 Å². The van der Waals surface area contributed by atoms with Crippen molar-refractivity contribution in [2.24, 2.45) is 0 Å². The molecule has 1 fully saturated rings. The molecule has 3 heterocycles. The first-order valence-corrected chi connectivity index (χ1v) is 11.2. The van der Waals surface area contributed by atoms with E-state index in [1.165, 1.54) is 42.3 Å². The van der Waals surface area contributed by atoms with Gasteiger partial charge in [-0.15, -0.1) is 0 Å². The average molecular weight is 486 g/mol. The Morgan fingerprint density at radius 2 is 2.03 bits per heavy atom. The number of rotatable bonds is 6. The van der Waals surface area contributed by atoms with Crippen LogP contribution in [0.4, 0.5) is 4.39 Å². The Kier molecular flexibility index (Phi) is 5.79. The van der Waals surface area contributed by atoms with Crippen LogP contribution in [0.5, 0.6) is 5.75 Å². The number of carbonyl (C=O) groups is 2. The quantitative estimate of drug-likeness (QED) is 0.495. The number of fused-ring (bicyclic) bond motifs is 1. The first-order chi connectivity index (χ1) is 16.4. The summed E-state index contributed by atoms with van der Waals surface area (Å²) in [5.41, 5.74) is 0.657. The summed E-state index contributed by atoms with van der Waals surface area (Å²) < 4.78 is 30.4. The van der Waals surface area contributed by atoms with Crippen LogP contribution in [0.3, 0.4) is 0 Å². The molecule has 2 unspecified atom stereocenters. The number of benzene rings is 2. The molecule has 176 valence electrons. The normalized spacial score (nSPS) is 20.6. The van der Waals surface area contributed by atoms with Crippen LogP contribution in [0.25, 0.3) is 11.0 Å². The van der Waals surface area contributed by atoms with Gasteiger partial charge in [-0.2, -0.15) is 0 Å². The largest absolute Gasteiger partial charge is 0.503 e. The Morgan fingerprint density at radius 3 is 2.71 bits per heavy atom. The van der Waals surface area contributed by atoms with Crippen LogP contribution in [0.1, 0.15) is 35.0 Å². The highest BCUT2D eigenvalue weighted by Gasteiger charge is 2.45. The fourth-order valence-electron chi connectivity index (χ4n) is 4.56. The van der Waals surface area contributed by atoms with Crippen LogP contribution in [0.2, 0.25) is 5.02 Å². The molecule has 2 atom stereocenters. The lowest BCUT2D eigenvalue weighted by molar-refractivity contribution is -0.131. The van der Waals surface area contributed by atoms with Gasteiger partial charge in [-0.3, -0.25) is 9.59 Å². The van der Waals surface area contributed by atoms with Gasteiger partial charge in [0.15, 0.2) is 22.9 Å². The average Bonchev–Trinajstić information content (AvgIpc) is 3.54. The Hall–Kier alpha value is -3.36. The molecule has 3 aromatic rings. The van der Waals surface area contributed by atoms with E-state index in [1.54, 1.807) is 12.1 Å². The van der Waals surface area contributed by atoms with Crippen molar-refractivity contribution in [1.29, 1.82) is 0 Å². The minimum atomic E-state index is -0.927. The summed E-state index contributed by atoms with van der Waals surface area (Å²) in [4.78, 5) is 28.1. The van der Waals surface area contributed by atoms with Gasteiger partial charge in [-0.05, 0) is 42.7 Å². The van der Waals surface area contributed by atoms with Crippen LogP contribution in [0.15, 0.2) is 58.2 Å². The van der Waals surface area contributed by atoms with E-state index in [1.807, 2.05) is 0 Å². The zero-order chi connectivity index (χ0) is 24.0. The first-order valence-electron chi connectivity index (χ1n) is 10.8.